The first kappa shape index (κ1) is 18.6. The summed E-state index contributed by atoms with van der Waals surface area (Å²) in [5.74, 6) is 0.371. The van der Waals surface area contributed by atoms with Gasteiger partial charge in [0.1, 0.15) is 0 Å². The Bertz CT molecular complexity index is 939. The van der Waals surface area contributed by atoms with E-state index in [1.807, 2.05) is 56.3 Å². The number of benzene rings is 1. The van der Waals surface area contributed by atoms with Crippen LogP contribution in [0.15, 0.2) is 60.9 Å². The van der Waals surface area contributed by atoms with Gasteiger partial charge in [-0.3, -0.25) is 9.78 Å². The van der Waals surface area contributed by atoms with E-state index in [9.17, 15) is 4.79 Å². The summed E-state index contributed by atoms with van der Waals surface area (Å²) in [5, 5.41) is 3.96. The molecule has 1 amide bonds. The van der Waals surface area contributed by atoms with Gasteiger partial charge in [0.25, 0.3) is 0 Å². The van der Waals surface area contributed by atoms with E-state index in [0.717, 1.165) is 28.5 Å². The number of pyridine rings is 2. The van der Waals surface area contributed by atoms with Crippen LogP contribution in [0.2, 0.25) is 0 Å². The third-order valence-corrected chi connectivity index (χ3v) is 4.14. The molecule has 138 valence electrons. The highest BCUT2D eigenvalue weighted by Crippen LogP contribution is 2.24. The Morgan fingerprint density at radius 3 is 2.78 bits per heavy atom. The summed E-state index contributed by atoms with van der Waals surface area (Å²) in [4.78, 5) is 20.9. The van der Waals surface area contributed by atoms with Crippen LogP contribution in [-0.4, -0.2) is 22.5 Å². The Kier molecular flexibility index (Phi) is 6.15. The first-order chi connectivity index (χ1) is 13.2. The van der Waals surface area contributed by atoms with Crippen LogP contribution in [0.25, 0.3) is 17.0 Å². The molecule has 0 aliphatic rings. The minimum atomic E-state index is -0.172. The van der Waals surface area contributed by atoms with Crippen molar-refractivity contribution in [2.45, 2.75) is 26.3 Å². The van der Waals surface area contributed by atoms with Gasteiger partial charge in [-0.25, -0.2) is 4.98 Å². The number of carbonyl (C=O) groups excluding carboxylic acids is 1. The number of hydrogen-bond donors (Lipinski definition) is 1. The van der Waals surface area contributed by atoms with Crippen LogP contribution in [0.3, 0.4) is 0 Å². The number of nitrogens with zero attached hydrogens (tertiary/aromatic N) is 2. The predicted octanol–water partition coefficient (Wildman–Crippen LogP) is 4.31. The van der Waals surface area contributed by atoms with Crippen molar-refractivity contribution in [3.63, 3.8) is 0 Å². The summed E-state index contributed by atoms with van der Waals surface area (Å²) in [6, 6.07) is 13.5. The third kappa shape index (κ3) is 4.91. The molecule has 0 radical (unpaired) electrons. The number of rotatable bonds is 7. The molecule has 0 aliphatic carbocycles. The predicted molar refractivity (Wildman–Crippen MR) is 107 cm³/mol. The molecule has 0 spiro atoms. The van der Waals surface area contributed by atoms with Crippen LogP contribution < -0.4 is 10.1 Å². The summed E-state index contributed by atoms with van der Waals surface area (Å²) in [5.41, 5.74) is 2.66. The zero-order chi connectivity index (χ0) is 19.1. The molecule has 1 unspecified atom stereocenters. The number of aromatic nitrogens is 2. The topological polar surface area (TPSA) is 64.1 Å². The summed E-state index contributed by atoms with van der Waals surface area (Å²) < 4.78 is 5.78. The minimum absolute atomic E-state index is 0.101. The van der Waals surface area contributed by atoms with E-state index >= 15 is 0 Å². The lowest BCUT2D eigenvalue weighted by Gasteiger charge is -2.12. The molecule has 0 fully saturated rings. The van der Waals surface area contributed by atoms with Crippen molar-refractivity contribution >= 4 is 22.9 Å². The molecule has 5 heteroatoms. The van der Waals surface area contributed by atoms with E-state index in [1.165, 1.54) is 6.08 Å². The maximum atomic E-state index is 12.3. The van der Waals surface area contributed by atoms with Gasteiger partial charge in [0.2, 0.25) is 11.8 Å². The molecule has 0 saturated carbocycles. The largest absolute Gasteiger partial charge is 0.477 e. The van der Waals surface area contributed by atoms with Gasteiger partial charge >= 0.3 is 0 Å². The maximum Gasteiger partial charge on any atom is 0.244 e. The van der Waals surface area contributed by atoms with Gasteiger partial charge in [-0.15, -0.1) is 0 Å². The first-order valence-corrected chi connectivity index (χ1v) is 9.08. The van der Waals surface area contributed by atoms with Gasteiger partial charge in [-0.05, 0) is 49.2 Å². The van der Waals surface area contributed by atoms with E-state index in [1.54, 1.807) is 18.5 Å². The molecule has 0 saturated heterocycles. The molecule has 1 aromatic carbocycles. The molecule has 1 atom stereocenters. The molecule has 3 aromatic rings. The zero-order valence-corrected chi connectivity index (χ0v) is 15.6. The Labute approximate surface area is 159 Å². The molecule has 3 rings (SSSR count). The lowest BCUT2D eigenvalue weighted by atomic mass is 10.1. The fraction of sp³-hybridized carbons (Fsp3) is 0.227. The van der Waals surface area contributed by atoms with Crippen molar-refractivity contribution < 1.29 is 9.53 Å². The molecule has 2 aromatic heterocycles. The monoisotopic (exact) mass is 361 g/mol. The van der Waals surface area contributed by atoms with E-state index < -0.39 is 0 Å². The second-order valence-corrected chi connectivity index (χ2v) is 6.27. The number of ether oxygens (including phenoxy) is 1. The van der Waals surface area contributed by atoms with Gasteiger partial charge < -0.3 is 10.1 Å². The molecule has 0 bridgehead atoms. The van der Waals surface area contributed by atoms with Crippen molar-refractivity contribution in [1.29, 1.82) is 0 Å². The average Bonchev–Trinajstić information content (AvgIpc) is 2.71. The van der Waals surface area contributed by atoms with Crippen LogP contribution in [0, 0.1) is 0 Å². The van der Waals surface area contributed by atoms with Crippen LogP contribution in [0.5, 0.6) is 5.88 Å². The van der Waals surface area contributed by atoms with Crippen LogP contribution >= 0.6 is 0 Å². The summed E-state index contributed by atoms with van der Waals surface area (Å²) >= 11 is 0. The first-order valence-electron chi connectivity index (χ1n) is 9.08. The summed E-state index contributed by atoms with van der Waals surface area (Å²) in [6.45, 7) is 4.57. The van der Waals surface area contributed by atoms with Crippen LogP contribution in [0.1, 0.15) is 37.4 Å². The van der Waals surface area contributed by atoms with Gasteiger partial charge in [0.05, 0.1) is 18.2 Å². The highest BCUT2D eigenvalue weighted by Gasteiger charge is 2.09. The van der Waals surface area contributed by atoms with Crippen molar-refractivity contribution in [3.05, 3.63) is 72.1 Å². The highest BCUT2D eigenvalue weighted by molar-refractivity contribution is 5.93. The molecule has 1 N–H and O–H groups in total. The van der Waals surface area contributed by atoms with Gasteiger partial charge in [0, 0.05) is 29.4 Å². The Morgan fingerprint density at radius 2 is 2.00 bits per heavy atom. The Morgan fingerprint density at radius 1 is 1.22 bits per heavy atom. The standard InChI is InChI=1S/C22H23N3O2/c1-3-14-27-22-19(15-18-6-4-5-7-20(18)25-22)8-9-21(26)24-16(2)17-10-12-23-13-11-17/h4-13,15-16H,3,14H2,1-2H3,(H,24,26)/b9-8+. The molecular formula is C22H23N3O2. The lowest BCUT2D eigenvalue weighted by Crippen LogP contribution is -2.24. The highest BCUT2D eigenvalue weighted by atomic mass is 16.5. The number of hydrogen-bond acceptors (Lipinski definition) is 4. The van der Waals surface area contributed by atoms with E-state index in [2.05, 4.69) is 15.3 Å². The fourth-order valence-corrected chi connectivity index (χ4v) is 2.71. The Hall–Kier alpha value is -3.21. The molecule has 5 nitrogen and oxygen atoms in total. The average molecular weight is 361 g/mol. The van der Waals surface area contributed by atoms with Crippen LogP contribution in [0.4, 0.5) is 0 Å². The van der Waals surface area contributed by atoms with E-state index in [0.29, 0.717) is 12.5 Å². The van der Waals surface area contributed by atoms with Crippen molar-refractivity contribution in [1.82, 2.24) is 15.3 Å². The quantitative estimate of drug-likeness (QED) is 0.637. The van der Waals surface area contributed by atoms with Gasteiger partial charge in [-0.2, -0.15) is 0 Å². The molecule has 27 heavy (non-hydrogen) atoms. The van der Waals surface area contributed by atoms with E-state index in [-0.39, 0.29) is 11.9 Å². The van der Waals surface area contributed by atoms with Crippen molar-refractivity contribution in [3.8, 4) is 5.88 Å². The number of fused-ring (bicyclic) bond motifs is 1. The van der Waals surface area contributed by atoms with Crippen LogP contribution in [-0.2, 0) is 4.79 Å². The number of amides is 1. The number of para-hydroxylation sites is 1. The third-order valence-electron chi connectivity index (χ3n) is 4.14. The number of nitrogens with one attached hydrogen (secondary N) is 1. The second-order valence-electron chi connectivity index (χ2n) is 6.27. The van der Waals surface area contributed by atoms with Crippen molar-refractivity contribution in [2.24, 2.45) is 0 Å². The molecule has 2 heterocycles. The Balaban J connectivity index is 1.78. The molecular weight excluding hydrogens is 338 g/mol. The minimum Gasteiger partial charge on any atom is -0.477 e. The van der Waals surface area contributed by atoms with Gasteiger partial charge in [-0.1, -0.05) is 25.1 Å². The van der Waals surface area contributed by atoms with E-state index in [4.69, 9.17) is 4.74 Å². The normalized spacial score (nSPS) is 12.2. The zero-order valence-electron chi connectivity index (χ0n) is 15.6. The smallest absolute Gasteiger partial charge is 0.244 e. The summed E-state index contributed by atoms with van der Waals surface area (Å²) in [7, 11) is 0. The second kappa shape index (κ2) is 8.94. The number of carbonyl (C=O) groups is 1. The molecule has 0 aliphatic heterocycles. The SMILES string of the molecule is CCCOc1nc2ccccc2cc1/C=C/C(=O)NC(C)c1ccncc1. The summed E-state index contributed by atoms with van der Waals surface area (Å²) in [6.07, 6.45) is 7.58. The lowest BCUT2D eigenvalue weighted by molar-refractivity contribution is -0.117. The van der Waals surface area contributed by atoms with Gasteiger partial charge in [0.15, 0.2) is 0 Å². The maximum absolute atomic E-state index is 12.3. The fourth-order valence-electron chi connectivity index (χ4n) is 2.71. The van der Waals surface area contributed by atoms with Crippen molar-refractivity contribution in [2.75, 3.05) is 6.61 Å².